The van der Waals surface area contributed by atoms with E-state index in [-0.39, 0.29) is 43.1 Å². The highest BCUT2D eigenvalue weighted by Crippen LogP contribution is 2.20. The Hall–Kier alpha value is -2.74. The van der Waals surface area contributed by atoms with E-state index in [2.05, 4.69) is 15.6 Å². The topological polar surface area (TPSA) is 91.4 Å². The number of nitrogens with zero attached hydrogens (tertiary/aromatic N) is 2. The number of carbonyl (C=O) groups excluding carboxylic acids is 3. The molecule has 1 aromatic carbocycles. The maximum Gasteiger partial charge on any atom is 0.240 e. The van der Waals surface area contributed by atoms with Crippen molar-refractivity contribution in [2.45, 2.75) is 64.8 Å². The minimum atomic E-state index is -0.266. The number of carbonyl (C=O) groups is 3. The standard InChI is InChI=1S/C23H30N4O3S/c1-16-8-10-19(11-9-16)27(14-21(29)25-18-6-4-3-5-7-18)22(30)13-12-20(28)26-23-24-17(2)15-31-23/h8-11,15,18H,3-7,12-14H2,1-2H3,(H,25,29)(H,24,26,28). The number of aromatic nitrogens is 1. The molecule has 166 valence electrons. The van der Waals surface area contributed by atoms with Crippen molar-refractivity contribution in [3.05, 3.63) is 40.9 Å². The summed E-state index contributed by atoms with van der Waals surface area (Å²) in [6.45, 7) is 3.77. The summed E-state index contributed by atoms with van der Waals surface area (Å²) in [4.78, 5) is 43.5. The van der Waals surface area contributed by atoms with Crippen molar-refractivity contribution in [1.29, 1.82) is 0 Å². The van der Waals surface area contributed by atoms with E-state index in [9.17, 15) is 14.4 Å². The zero-order valence-electron chi connectivity index (χ0n) is 18.1. The summed E-state index contributed by atoms with van der Waals surface area (Å²) < 4.78 is 0. The first kappa shape index (κ1) is 22.9. The van der Waals surface area contributed by atoms with Crippen LogP contribution in [0.2, 0.25) is 0 Å². The highest BCUT2D eigenvalue weighted by Gasteiger charge is 2.22. The molecular weight excluding hydrogens is 412 g/mol. The van der Waals surface area contributed by atoms with Crippen LogP contribution in [0.1, 0.15) is 56.2 Å². The van der Waals surface area contributed by atoms with E-state index >= 15 is 0 Å². The lowest BCUT2D eigenvalue weighted by Gasteiger charge is -2.26. The van der Waals surface area contributed by atoms with Crippen LogP contribution in [0.25, 0.3) is 0 Å². The summed E-state index contributed by atoms with van der Waals surface area (Å²) in [7, 11) is 0. The van der Waals surface area contributed by atoms with E-state index < -0.39 is 0 Å². The molecule has 3 amide bonds. The van der Waals surface area contributed by atoms with Gasteiger partial charge in [0.15, 0.2) is 5.13 Å². The average molecular weight is 443 g/mol. The number of nitrogens with one attached hydrogen (secondary N) is 2. The Morgan fingerprint density at radius 2 is 1.74 bits per heavy atom. The second kappa shape index (κ2) is 11.0. The van der Waals surface area contributed by atoms with Crippen LogP contribution in [-0.4, -0.2) is 35.3 Å². The summed E-state index contributed by atoms with van der Waals surface area (Å²) in [5.41, 5.74) is 2.57. The molecular formula is C23H30N4O3S. The van der Waals surface area contributed by atoms with Crippen molar-refractivity contribution in [3.63, 3.8) is 0 Å². The molecule has 1 saturated carbocycles. The smallest absolute Gasteiger partial charge is 0.240 e. The summed E-state index contributed by atoms with van der Waals surface area (Å²) >= 11 is 1.35. The largest absolute Gasteiger partial charge is 0.352 e. The molecule has 1 aliphatic rings. The van der Waals surface area contributed by atoms with Crippen LogP contribution in [0.5, 0.6) is 0 Å². The number of hydrogen-bond acceptors (Lipinski definition) is 5. The number of rotatable bonds is 8. The summed E-state index contributed by atoms with van der Waals surface area (Å²) in [5, 5.41) is 8.16. The van der Waals surface area contributed by atoms with Crippen LogP contribution in [0, 0.1) is 13.8 Å². The van der Waals surface area contributed by atoms with E-state index in [0.717, 1.165) is 36.9 Å². The third-order valence-electron chi connectivity index (χ3n) is 5.35. The molecule has 0 saturated heterocycles. The molecule has 0 spiro atoms. The van der Waals surface area contributed by atoms with Gasteiger partial charge in [-0.05, 0) is 38.8 Å². The molecule has 0 radical (unpaired) electrons. The third-order valence-corrected chi connectivity index (χ3v) is 6.23. The van der Waals surface area contributed by atoms with Gasteiger partial charge in [-0.1, -0.05) is 37.0 Å². The molecule has 0 bridgehead atoms. The molecule has 1 aliphatic carbocycles. The predicted octanol–water partition coefficient (Wildman–Crippen LogP) is 3.96. The lowest BCUT2D eigenvalue weighted by Crippen LogP contribution is -2.45. The zero-order chi connectivity index (χ0) is 22.2. The summed E-state index contributed by atoms with van der Waals surface area (Å²) in [5.74, 6) is -0.685. The normalized spacial score (nSPS) is 14.1. The number of hydrogen-bond donors (Lipinski definition) is 2. The van der Waals surface area contributed by atoms with E-state index in [1.807, 2.05) is 43.5 Å². The van der Waals surface area contributed by atoms with E-state index in [4.69, 9.17) is 0 Å². The lowest BCUT2D eigenvalue weighted by molar-refractivity contribution is -0.125. The van der Waals surface area contributed by atoms with Gasteiger partial charge >= 0.3 is 0 Å². The highest BCUT2D eigenvalue weighted by molar-refractivity contribution is 7.13. The van der Waals surface area contributed by atoms with Gasteiger partial charge in [0, 0.05) is 30.0 Å². The van der Waals surface area contributed by atoms with Crippen molar-refractivity contribution >= 4 is 39.9 Å². The lowest BCUT2D eigenvalue weighted by atomic mass is 9.95. The van der Waals surface area contributed by atoms with Crippen LogP contribution in [0.15, 0.2) is 29.6 Å². The second-order valence-corrected chi connectivity index (χ2v) is 8.92. The number of benzene rings is 1. The van der Waals surface area contributed by atoms with Crippen molar-refractivity contribution in [3.8, 4) is 0 Å². The van der Waals surface area contributed by atoms with Gasteiger partial charge in [-0.25, -0.2) is 4.98 Å². The average Bonchev–Trinajstić information content (AvgIpc) is 3.16. The van der Waals surface area contributed by atoms with Crippen LogP contribution in [0.4, 0.5) is 10.8 Å². The fourth-order valence-electron chi connectivity index (χ4n) is 3.66. The Bertz CT molecular complexity index is 904. The SMILES string of the molecule is Cc1ccc(N(CC(=O)NC2CCCCC2)C(=O)CCC(=O)Nc2nc(C)cs2)cc1. The molecule has 7 nitrogen and oxygen atoms in total. The summed E-state index contributed by atoms with van der Waals surface area (Å²) in [6, 6.07) is 7.67. The Morgan fingerprint density at radius 3 is 2.39 bits per heavy atom. The quantitative estimate of drug-likeness (QED) is 0.647. The molecule has 0 aliphatic heterocycles. The fourth-order valence-corrected chi connectivity index (χ4v) is 4.36. The van der Waals surface area contributed by atoms with Crippen LogP contribution in [-0.2, 0) is 14.4 Å². The molecule has 8 heteroatoms. The highest BCUT2D eigenvalue weighted by atomic mass is 32.1. The molecule has 1 heterocycles. The molecule has 0 unspecified atom stereocenters. The number of thiazole rings is 1. The van der Waals surface area contributed by atoms with E-state index in [1.165, 1.54) is 22.7 Å². The van der Waals surface area contributed by atoms with Gasteiger partial charge in [-0.2, -0.15) is 0 Å². The Labute approximate surface area is 187 Å². The molecule has 0 atom stereocenters. The van der Waals surface area contributed by atoms with Crippen LogP contribution in [0.3, 0.4) is 0 Å². The van der Waals surface area contributed by atoms with Crippen molar-refractivity contribution < 1.29 is 14.4 Å². The summed E-state index contributed by atoms with van der Waals surface area (Å²) in [6.07, 6.45) is 5.48. The van der Waals surface area contributed by atoms with E-state index in [1.54, 1.807) is 0 Å². The van der Waals surface area contributed by atoms with Gasteiger partial charge in [0.2, 0.25) is 17.7 Å². The second-order valence-electron chi connectivity index (χ2n) is 8.06. The molecule has 2 aromatic rings. The Balaban J connectivity index is 1.60. The zero-order valence-corrected chi connectivity index (χ0v) is 19.0. The van der Waals surface area contributed by atoms with Crippen molar-refractivity contribution in [2.75, 3.05) is 16.8 Å². The predicted molar refractivity (Wildman–Crippen MR) is 123 cm³/mol. The van der Waals surface area contributed by atoms with Gasteiger partial charge in [0.25, 0.3) is 0 Å². The number of aryl methyl sites for hydroxylation is 2. The maximum absolute atomic E-state index is 13.0. The molecule has 1 fully saturated rings. The van der Waals surface area contributed by atoms with Gasteiger partial charge in [0.1, 0.15) is 6.54 Å². The molecule has 3 rings (SSSR count). The van der Waals surface area contributed by atoms with Crippen LogP contribution >= 0.6 is 11.3 Å². The first-order valence-corrected chi connectivity index (χ1v) is 11.7. The first-order chi connectivity index (χ1) is 14.9. The Morgan fingerprint density at radius 1 is 1.03 bits per heavy atom. The van der Waals surface area contributed by atoms with Crippen LogP contribution < -0.4 is 15.5 Å². The van der Waals surface area contributed by atoms with Gasteiger partial charge in [-0.15, -0.1) is 11.3 Å². The van der Waals surface area contributed by atoms with Crippen molar-refractivity contribution in [2.24, 2.45) is 0 Å². The third kappa shape index (κ3) is 7.17. The Kier molecular flexibility index (Phi) is 8.17. The van der Waals surface area contributed by atoms with Gasteiger partial charge in [0.05, 0.1) is 5.69 Å². The van der Waals surface area contributed by atoms with E-state index in [0.29, 0.717) is 10.8 Å². The molecule has 31 heavy (non-hydrogen) atoms. The van der Waals surface area contributed by atoms with Gasteiger partial charge < -0.3 is 15.5 Å². The minimum Gasteiger partial charge on any atom is -0.352 e. The maximum atomic E-state index is 13.0. The number of amides is 3. The van der Waals surface area contributed by atoms with Gasteiger partial charge in [-0.3, -0.25) is 14.4 Å². The monoisotopic (exact) mass is 442 g/mol. The van der Waals surface area contributed by atoms with Crippen molar-refractivity contribution in [1.82, 2.24) is 10.3 Å². The minimum absolute atomic E-state index is 0.0147. The number of anilines is 2. The first-order valence-electron chi connectivity index (χ1n) is 10.8. The molecule has 2 N–H and O–H groups in total. The fraction of sp³-hybridized carbons (Fsp3) is 0.478. The molecule has 1 aromatic heterocycles.